The molecule has 0 amide bonds. The van der Waals surface area contributed by atoms with Crippen molar-refractivity contribution < 1.29 is 13.9 Å². The summed E-state index contributed by atoms with van der Waals surface area (Å²) in [6.45, 7) is 2.06. The first-order valence-corrected chi connectivity index (χ1v) is 6.09. The van der Waals surface area contributed by atoms with Crippen LogP contribution in [0.1, 0.15) is 17.3 Å². The van der Waals surface area contributed by atoms with Crippen molar-refractivity contribution in [2.24, 2.45) is 0 Å². The minimum atomic E-state index is -0.487. The number of halogens is 2. The molecular formula is C12H10BrFN2O2. The van der Waals surface area contributed by atoms with Gasteiger partial charge in [0.05, 0.1) is 28.5 Å². The van der Waals surface area contributed by atoms with Crippen LogP contribution in [0, 0.1) is 5.95 Å². The average Bonchev–Trinajstić information content (AvgIpc) is 2.71. The summed E-state index contributed by atoms with van der Waals surface area (Å²) in [6, 6.07) is 6.36. The van der Waals surface area contributed by atoms with Crippen molar-refractivity contribution in [3.63, 3.8) is 0 Å². The molecule has 2 rings (SSSR count). The highest BCUT2D eigenvalue weighted by Gasteiger charge is 2.11. The van der Waals surface area contributed by atoms with E-state index in [4.69, 9.17) is 4.74 Å². The van der Waals surface area contributed by atoms with Gasteiger partial charge in [0.25, 0.3) is 0 Å². The van der Waals surface area contributed by atoms with Gasteiger partial charge in [0.1, 0.15) is 0 Å². The van der Waals surface area contributed by atoms with E-state index in [9.17, 15) is 9.18 Å². The Bertz CT molecular complexity index is 566. The molecule has 2 aromatic rings. The molecular weight excluding hydrogens is 303 g/mol. The normalized spacial score (nSPS) is 10.4. The van der Waals surface area contributed by atoms with E-state index < -0.39 is 11.9 Å². The Labute approximate surface area is 111 Å². The van der Waals surface area contributed by atoms with Gasteiger partial charge in [-0.05, 0) is 47.1 Å². The number of rotatable bonds is 3. The third-order valence-corrected chi connectivity index (χ3v) is 2.82. The number of carbonyl (C=O) groups is 1. The molecule has 1 aromatic heterocycles. The van der Waals surface area contributed by atoms with Gasteiger partial charge in [-0.3, -0.25) is 0 Å². The quantitative estimate of drug-likeness (QED) is 0.818. The number of esters is 1. The molecule has 0 fully saturated rings. The van der Waals surface area contributed by atoms with Crippen LogP contribution in [0.2, 0.25) is 0 Å². The molecule has 4 nitrogen and oxygen atoms in total. The highest BCUT2D eigenvalue weighted by Crippen LogP contribution is 2.18. The zero-order chi connectivity index (χ0) is 13.1. The van der Waals surface area contributed by atoms with Crippen LogP contribution in [0.5, 0.6) is 0 Å². The van der Waals surface area contributed by atoms with Crippen LogP contribution < -0.4 is 0 Å². The number of benzene rings is 1. The molecule has 1 heterocycles. The topological polar surface area (TPSA) is 44.1 Å². The molecule has 0 aliphatic heterocycles. The summed E-state index contributed by atoms with van der Waals surface area (Å²) in [5.41, 5.74) is 0.957. The first kappa shape index (κ1) is 12.8. The molecule has 0 radical (unpaired) electrons. The first-order valence-electron chi connectivity index (χ1n) is 5.30. The highest BCUT2D eigenvalue weighted by molar-refractivity contribution is 9.10. The Balaban J connectivity index is 2.28. The maximum absolute atomic E-state index is 13.6. The fourth-order valence-corrected chi connectivity index (χ4v) is 1.71. The summed E-state index contributed by atoms with van der Waals surface area (Å²) >= 11 is 3.04. The summed E-state index contributed by atoms with van der Waals surface area (Å²) in [5, 5.41) is 3.88. The van der Waals surface area contributed by atoms with E-state index in [0.717, 1.165) is 4.68 Å². The van der Waals surface area contributed by atoms with Crippen molar-refractivity contribution in [3.05, 3.63) is 46.4 Å². The van der Waals surface area contributed by atoms with Gasteiger partial charge in [-0.25, -0.2) is 9.48 Å². The van der Waals surface area contributed by atoms with E-state index in [-0.39, 0.29) is 4.47 Å². The van der Waals surface area contributed by atoms with E-state index in [1.54, 1.807) is 31.2 Å². The lowest BCUT2D eigenvalue weighted by molar-refractivity contribution is 0.0526. The van der Waals surface area contributed by atoms with Gasteiger partial charge < -0.3 is 4.74 Å². The lowest BCUT2D eigenvalue weighted by Gasteiger charge is -2.04. The molecule has 0 saturated carbocycles. The monoisotopic (exact) mass is 312 g/mol. The molecule has 0 saturated heterocycles. The fourth-order valence-electron chi connectivity index (χ4n) is 1.45. The maximum Gasteiger partial charge on any atom is 0.338 e. The molecule has 1 aromatic carbocycles. The molecule has 0 spiro atoms. The predicted molar refractivity (Wildman–Crippen MR) is 67.2 cm³/mol. The van der Waals surface area contributed by atoms with Gasteiger partial charge in [0.15, 0.2) is 0 Å². The van der Waals surface area contributed by atoms with Gasteiger partial charge >= 0.3 is 5.97 Å². The molecule has 0 unspecified atom stereocenters. The van der Waals surface area contributed by atoms with E-state index >= 15 is 0 Å². The summed E-state index contributed by atoms with van der Waals surface area (Å²) in [4.78, 5) is 11.4. The zero-order valence-electron chi connectivity index (χ0n) is 9.56. The standard InChI is InChI=1S/C12H10BrFN2O2/c1-2-18-12(17)8-3-5-9(6-4-8)16-11(14)10(13)7-15-16/h3-7H,2H2,1H3. The van der Waals surface area contributed by atoms with Crippen LogP contribution in [-0.2, 0) is 4.74 Å². The van der Waals surface area contributed by atoms with Crippen LogP contribution in [0.4, 0.5) is 4.39 Å². The largest absolute Gasteiger partial charge is 0.462 e. The van der Waals surface area contributed by atoms with Crippen molar-refractivity contribution in [1.29, 1.82) is 0 Å². The van der Waals surface area contributed by atoms with Crippen molar-refractivity contribution in [3.8, 4) is 5.69 Å². The van der Waals surface area contributed by atoms with E-state index in [1.165, 1.54) is 6.20 Å². The van der Waals surface area contributed by atoms with Gasteiger partial charge in [-0.2, -0.15) is 9.49 Å². The van der Waals surface area contributed by atoms with E-state index in [0.29, 0.717) is 17.9 Å². The van der Waals surface area contributed by atoms with Gasteiger partial charge in [-0.1, -0.05) is 0 Å². The summed E-state index contributed by atoms with van der Waals surface area (Å²) in [6.07, 6.45) is 1.37. The number of hydrogen-bond donors (Lipinski definition) is 0. The Hall–Kier alpha value is -1.69. The van der Waals surface area contributed by atoms with Gasteiger partial charge in [0.2, 0.25) is 5.95 Å². The Kier molecular flexibility index (Phi) is 3.76. The first-order chi connectivity index (χ1) is 8.63. The third kappa shape index (κ3) is 2.43. The molecule has 0 N–H and O–H groups in total. The molecule has 0 aliphatic rings. The summed E-state index contributed by atoms with van der Waals surface area (Å²) < 4.78 is 19.9. The fraction of sp³-hybridized carbons (Fsp3) is 0.167. The zero-order valence-corrected chi connectivity index (χ0v) is 11.1. The highest BCUT2D eigenvalue weighted by atomic mass is 79.9. The number of carbonyl (C=O) groups excluding carboxylic acids is 1. The van der Waals surface area contributed by atoms with E-state index in [2.05, 4.69) is 21.0 Å². The minimum absolute atomic E-state index is 0.289. The van der Waals surface area contributed by atoms with Crippen LogP contribution in [0.25, 0.3) is 5.69 Å². The lowest BCUT2D eigenvalue weighted by atomic mass is 10.2. The van der Waals surface area contributed by atoms with Crippen LogP contribution in [0.15, 0.2) is 34.9 Å². The molecule has 0 atom stereocenters. The van der Waals surface area contributed by atoms with Crippen LogP contribution in [-0.4, -0.2) is 22.4 Å². The van der Waals surface area contributed by atoms with Crippen molar-refractivity contribution in [1.82, 2.24) is 9.78 Å². The van der Waals surface area contributed by atoms with Gasteiger partial charge in [-0.15, -0.1) is 0 Å². The third-order valence-electron chi connectivity index (χ3n) is 2.29. The second-order valence-corrected chi connectivity index (χ2v) is 4.32. The summed E-state index contributed by atoms with van der Waals surface area (Å²) in [5.74, 6) is -0.884. The number of ether oxygens (including phenoxy) is 1. The summed E-state index contributed by atoms with van der Waals surface area (Å²) in [7, 11) is 0. The Morgan fingerprint density at radius 3 is 2.61 bits per heavy atom. The Morgan fingerprint density at radius 2 is 2.11 bits per heavy atom. The molecule has 6 heteroatoms. The second kappa shape index (κ2) is 5.30. The predicted octanol–water partition coefficient (Wildman–Crippen LogP) is 2.95. The van der Waals surface area contributed by atoms with Crippen molar-refractivity contribution in [2.75, 3.05) is 6.61 Å². The number of aromatic nitrogens is 2. The SMILES string of the molecule is CCOC(=O)c1ccc(-n2ncc(Br)c2F)cc1. The van der Waals surface area contributed by atoms with Crippen molar-refractivity contribution >= 4 is 21.9 Å². The van der Waals surface area contributed by atoms with Crippen molar-refractivity contribution in [2.45, 2.75) is 6.92 Å². The molecule has 0 aliphatic carbocycles. The Morgan fingerprint density at radius 1 is 1.44 bits per heavy atom. The van der Waals surface area contributed by atoms with Crippen LogP contribution >= 0.6 is 15.9 Å². The van der Waals surface area contributed by atoms with Crippen LogP contribution in [0.3, 0.4) is 0 Å². The molecule has 94 valence electrons. The maximum atomic E-state index is 13.6. The lowest BCUT2D eigenvalue weighted by Crippen LogP contribution is -2.05. The second-order valence-electron chi connectivity index (χ2n) is 3.46. The molecule has 0 bridgehead atoms. The minimum Gasteiger partial charge on any atom is -0.462 e. The number of nitrogens with zero attached hydrogens (tertiary/aromatic N) is 2. The molecule has 18 heavy (non-hydrogen) atoms. The van der Waals surface area contributed by atoms with E-state index in [1.807, 2.05) is 0 Å². The van der Waals surface area contributed by atoms with Gasteiger partial charge in [0, 0.05) is 0 Å². The average molecular weight is 313 g/mol. The number of hydrogen-bond acceptors (Lipinski definition) is 3. The smallest absolute Gasteiger partial charge is 0.338 e.